The molecule has 2 nitrogen and oxygen atoms in total. The van der Waals surface area contributed by atoms with Crippen molar-refractivity contribution in [3.8, 4) is 0 Å². The fourth-order valence-electron chi connectivity index (χ4n) is 1.09. The summed E-state index contributed by atoms with van der Waals surface area (Å²) in [5.74, 6) is 0.821. The SMILES string of the molecule is CC(C)CCNCCCCCN.Cl.Cl. The Morgan fingerprint density at radius 3 is 2.14 bits per heavy atom. The highest BCUT2D eigenvalue weighted by Gasteiger charge is 1.92. The Balaban J connectivity index is -0.000000605. The second kappa shape index (κ2) is 15.9. The van der Waals surface area contributed by atoms with Crippen LogP contribution in [0.3, 0.4) is 0 Å². The highest BCUT2D eigenvalue weighted by Crippen LogP contribution is 1.96. The Bertz CT molecular complexity index is 90.2. The van der Waals surface area contributed by atoms with Gasteiger partial charge in [-0.15, -0.1) is 24.8 Å². The minimum absolute atomic E-state index is 0. The molecule has 0 saturated heterocycles. The average molecular weight is 245 g/mol. The van der Waals surface area contributed by atoms with E-state index in [9.17, 15) is 0 Å². The summed E-state index contributed by atoms with van der Waals surface area (Å²) in [4.78, 5) is 0. The average Bonchev–Trinajstić information content (AvgIpc) is 2.02. The van der Waals surface area contributed by atoms with E-state index in [1.165, 1.54) is 32.2 Å². The Hall–Kier alpha value is 0.500. The van der Waals surface area contributed by atoms with Gasteiger partial charge in [0, 0.05) is 0 Å². The molecule has 3 N–H and O–H groups in total. The lowest BCUT2D eigenvalue weighted by Gasteiger charge is -2.06. The van der Waals surface area contributed by atoms with Crippen molar-refractivity contribution >= 4 is 24.8 Å². The summed E-state index contributed by atoms with van der Waals surface area (Å²) < 4.78 is 0. The molecule has 0 amide bonds. The molecule has 14 heavy (non-hydrogen) atoms. The number of rotatable bonds is 8. The fraction of sp³-hybridized carbons (Fsp3) is 1.00. The van der Waals surface area contributed by atoms with Crippen LogP contribution in [0.25, 0.3) is 0 Å². The van der Waals surface area contributed by atoms with E-state index in [2.05, 4.69) is 19.2 Å². The van der Waals surface area contributed by atoms with E-state index in [0.29, 0.717) is 0 Å². The van der Waals surface area contributed by atoms with Crippen LogP contribution in [-0.2, 0) is 0 Å². The standard InChI is InChI=1S/C10H24N2.2ClH/c1-10(2)6-9-12-8-5-3-4-7-11;;/h10,12H,3-9,11H2,1-2H3;2*1H. The van der Waals surface area contributed by atoms with Gasteiger partial charge in [-0.3, -0.25) is 0 Å². The fourth-order valence-corrected chi connectivity index (χ4v) is 1.09. The first-order chi connectivity index (χ1) is 5.77. The summed E-state index contributed by atoms with van der Waals surface area (Å²) in [6.07, 6.45) is 5.00. The van der Waals surface area contributed by atoms with E-state index in [1.807, 2.05) is 0 Å². The largest absolute Gasteiger partial charge is 0.330 e. The zero-order valence-corrected chi connectivity index (χ0v) is 11.1. The van der Waals surface area contributed by atoms with Crippen LogP contribution in [-0.4, -0.2) is 19.6 Å². The van der Waals surface area contributed by atoms with Crippen molar-refractivity contribution in [3.05, 3.63) is 0 Å². The predicted molar refractivity (Wildman–Crippen MR) is 69.7 cm³/mol. The number of halogens is 2. The highest BCUT2D eigenvalue weighted by molar-refractivity contribution is 5.85. The van der Waals surface area contributed by atoms with Gasteiger partial charge in [-0.25, -0.2) is 0 Å². The lowest BCUT2D eigenvalue weighted by molar-refractivity contribution is 0.524. The molecular formula is C10H26Cl2N2. The monoisotopic (exact) mass is 244 g/mol. The van der Waals surface area contributed by atoms with E-state index < -0.39 is 0 Å². The van der Waals surface area contributed by atoms with Crippen molar-refractivity contribution in [2.24, 2.45) is 11.7 Å². The van der Waals surface area contributed by atoms with E-state index in [-0.39, 0.29) is 24.8 Å². The van der Waals surface area contributed by atoms with E-state index in [0.717, 1.165) is 19.0 Å². The molecule has 0 spiro atoms. The third-order valence-corrected chi connectivity index (χ3v) is 1.96. The van der Waals surface area contributed by atoms with Crippen LogP contribution in [0.5, 0.6) is 0 Å². The molecule has 0 saturated carbocycles. The van der Waals surface area contributed by atoms with Gasteiger partial charge in [-0.1, -0.05) is 20.3 Å². The number of nitrogens with one attached hydrogen (secondary N) is 1. The minimum Gasteiger partial charge on any atom is -0.330 e. The van der Waals surface area contributed by atoms with Crippen LogP contribution in [0.15, 0.2) is 0 Å². The lowest BCUT2D eigenvalue weighted by Crippen LogP contribution is -2.18. The Labute approximate surface area is 101 Å². The van der Waals surface area contributed by atoms with Crippen LogP contribution >= 0.6 is 24.8 Å². The molecule has 0 atom stereocenters. The van der Waals surface area contributed by atoms with Crippen LogP contribution in [0.1, 0.15) is 39.5 Å². The van der Waals surface area contributed by atoms with Crippen molar-refractivity contribution in [1.29, 1.82) is 0 Å². The van der Waals surface area contributed by atoms with E-state index >= 15 is 0 Å². The topological polar surface area (TPSA) is 38.0 Å². The molecule has 4 heteroatoms. The maximum absolute atomic E-state index is 5.39. The molecule has 0 aliphatic heterocycles. The Kier molecular flexibility index (Phi) is 22.8. The van der Waals surface area contributed by atoms with Gasteiger partial charge in [0.2, 0.25) is 0 Å². The van der Waals surface area contributed by atoms with Gasteiger partial charge in [0.1, 0.15) is 0 Å². The van der Waals surface area contributed by atoms with E-state index in [1.54, 1.807) is 0 Å². The third kappa shape index (κ3) is 18.3. The summed E-state index contributed by atoms with van der Waals surface area (Å²) in [6, 6.07) is 0. The quantitative estimate of drug-likeness (QED) is 0.645. The van der Waals surface area contributed by atoms with Gasteiger partial charge >= 0.3 is 0 Å². The Morgan fingerprint density at radius 2 is 1.64 bits per heavy atom. The molecule has 0 unspecified atom stereocenters. The third-order valence-electron chi connectivity index (χ3n) is 1.96. The Morgan fingerprint density at radius 1 is 1.00 bits per heavy atom. The number of unbranched alkanes of at least 4 members (excludes halogenated alkanes) is 2. The summed E-state index contributed by atoms with van der Waals surface area (Å²) in [5, 5.41) is 3.43. The number of hydrogen-bond donors (Lipinski definition) is 2. The normalized spacial score (nSPS) is 9.43. The number of hydrogen-bond acceptors (Lipinski definition) is 2. The summed E-state index contributed by atoms with van der Waals surface area (Å²) in [7, 11) is 0. The van der Waals surface area contributed by atoms with Crippen LogP contribution in [0.4, 0.5) is 0 Å². The maximum atomic E-state index is 5.39. The minimum atomic E-state index is 0. The molecule has 0 aromatic rings. The lowest BCUT2D eigenvalue weighted by atomic mass is 10.1. The van der Waals surface area contributed by atoms with Gasteiger partial charge in [0.05, 0.1) is 0 Å². The molecule has 0 aliphatic rings. The molecular weight excluding hydrogens is 219 g/mol. The van der Waals surface area contributed by atoms with Crippen molar-refractivity contribution < 1.29 is 0 Å². The number of nitrogens with two attached hydrogens (primary N) is 1. The van der Waals surface area contributed by atoms with Gasteiger partial charge in [-0.2, -0.15) is 0 Å². The molecule has 0 fully saturated rings. The maximum Gasteiger partial charge on any atom is -0.00465 e. The smallest absolute Gasteiger partial charge is 0.00465 e. The summed E-state index contributed by atoms with van der Waals surface area (Å²) in [5.41, 5.74) is 5.39. The molecule has 0 bridgehead atoms. The van der Waals surface area contributed by atoms with Gasteiger partial charge in [0.25, 0.3) is 0 Å². The van der Waals surface area contributed by atoms with Crippen molar-refractivity contribution in [2.45, 2.75) is 39.5 Å². The molecule has 0 radical (unpaired) electrons. The molecule has 0 heterocycles. The zero-order valence-electron chi connectivity index (χ0n) is 9.42. The molecule has 0 aromatic carbocycles. The van der Waals surface area contributed by atoms with E-state index in [4.69, 9.17) is 5.73 Å². The molecule has 0 aliphatic carbocycles. The zero-order chi connectivity index (χ0) is 9.23. The van der Waals surface area contributed by atoms with Crippen LogP contribution < -0.4 is 11.1 Å². The first-order valence-corrected chi connectivity index (χ1v) is 5.18. The van der Waals surface area contributed by atoms with Crippen LogP contribution in [0.2, 0.25) is 0 Å². The highest BCUT2D eigenvalue weighted by atomic mass is 35.5. The predicted octanol–water partition coefficient (Wildman–Crippen LogP) is 2.59. The molecule has 90 valence electrons. The van der Waals surface area contributed by atoms with Gasteiger partial charge in [0.15, 0.2) is 0 Å². The van der Waals surface area contributed by atoms with Crippen molar-refractivity contribution in [1.82, 2.24) is 5.32 Å². The van der Waals surface area contributed by atoms with Crippen molar-refractivity contribution in [2.75, 3.05) is 19.6 Å². The van der Waals surface area contributed by atoms with Crippen molar-refractivity contribution in [3.63, 3.8) is 0 Å². The second-order valence-electron chi connectivity index (χ2n) is 3.78. The molecule has 0 aromatic heterocycles. The first-order valence-electron chi connectivity index (χ1n) is 5.18. The summed E-state index contributed by atoms with van der Waals surface area (Å²) in [6.45, 7) is 7.69. The second-order valence-corrected chi connectivity index (χ2v) is 3.78. The van der Waals surface area contributed by atoms with Gasteiger partial charge in [-0.05, 0) is 44.8 Å². The first kappa shape index (κ1) is 20.0. The van der Waals surface area contributed by atoms with Crippen LogP contribution in [0, 0.1) is 5.92 Å². The summed E-state index contributed by atoms with van der Waals surface area (Å²) >= 11 is 0. The molecule has 0 rings (SSSR count). The van der Waals surface area contributed by atoms with Gasteiger partial charge < -0.3 is 11.1 Å².